The number of fused-ring (bicyclic) bond motifs is 1. The molecule has 0 fully saturated rings. The van der Waals surface area contributed by atoms with Gasteiger partial charge in [0.1, 0.15) is 5.75 Å². The fraction of sp³-hybridized carbons (Fsp3) is 0.100. The number of nitro groups is 1. The van der Waals surface area contributed by atoms with Gasteiger partial charge >= 0.3 is 5.97 Å². The Balaban J connectivity index is 2.66. The first-order chi connectivity index (χ1) is 8.04. The van der Waals surface area contributed by atoms with E-state index in [4.69, 9.17) is 0 Å². The smallest absolute Gasteiger partial charge is 0.351 e. The van der Waals surface area contributed by atoms with Crippen molar-refractivity contribution < 1.29 is 19.6 Å². The number of carbonyl (C=O) groups excluding carboxylic acids is 1. The second-order valence-electron chi connectivity index (χ2n) is 3.21. The highest BCUT2D eigenvalue weighted by Gasteiger charge is 2.20. The molecule has 0 unspecified atom stereocenters. The maximum atomic E-state index is 11.3. The molecule has 1 heterocycles. The fourth-order valence-electron chi connectivity index (χ4n) is 1.42. The first-order valence-corrected chi connectivity index (χ1v) is 5.34. The van der Waals surface area contributed by atoms with Gasteiger partial charge in [-0.05, 0) is 6.07 Å². The molecule has 0 saturated carbocycles. The number of hydrogen-bond acceptors (Lipinski definition) is 6. The van der Waals surface area contributed by atoms with Gasteiger partial charge in [-0.15, -0.1) is 11.3 Å². The quantitative estimate of drug-likeness (QED) is 0.504. The van der Waals surface area contributed by atoms with E-state index in [9.17, 15) is 20.0 Å². The molecule has 88 valence electrons. The standard InChI is InChI=1S/C10H7NO5S/c1-16-10(13)9-8(12)6-4-5(11(14)15)2-3-7(6)17-9/h2-4,12H,1H3. The molecular formula is C10H7NO5S. The number of esters is 1. The molecule has 0 aliphatic rings. The molecule has 0 saturated heterocycles. The topological polar surface area (TPSA) is 89.7 Å². The summed E-state index contributed by atoms with van der Waals surface area (Å²) in [5, 5.41) is 20.7. The summed E-state index contributed by atoms with van der Waals surface area (Å²) in [7, 11) is 1.20. The van der Waals surface area contributed by atoms with E-state index in [1.807, 2.05) is 0 Å². The third-order valence-electron chi connectivity index (χ3n) is 2.23. The first kappa shape index (κ1) is 11.3. The van der Waals surface area contributed by atoms with Gasteiger partial charge in [0.05, 0.1) is 12.0 Å². The van der Waals surface area contributed by atoms with Crippen LogP contribution in [0.2, 0.25) is 0 Å². The van der Waals surface area contributed by atoms with E-state index < -0.39 is 10.9 Å². The molecule has 1 N–H and O–H groups in total. The summed E-state index contributed by atoms with van der Waals surface area (Å²) in [6.07, 6.45) is 0. The van der Waals surface area contributed by atoms with Crippen molar-refractivity contribution in [2.45, 2.75) is 0 Å². The van der Waals surface area contributed by atoms with Crippen LogP contribution in [-0.4, -0.2) is 23.1 Å². The Kier molecular flexibility index (Phi) is 2.68. The van der Waals surface area contributed by atoms with Crippen molar-refractivity contribution in [3.63, 3.8) is 0 Å². The van der Waals surface area contributed by atoms with Crippen LogP contribution in [0.5, 0.6) is 5.75 Å². The maximum Gasteiger partial charge on any atom is 0.351 e. The number of aromatic hydroxyl groups is 1. The van der Waals surface area contributed by atoms with Crippen molar-refractivity contribution in [2.75, 3.05) is 7.11 Å². The van der Waals surface area contributed by atoms with Crippen LogP contribution in [0.3, 0.4) is 0 Å². The van der Waals surface area contributed by atoms with E-state index in [0.717, 1.165) is 11.3 Å². The first-order valence-electron chi connectivity index (χ1n) is 4.53. The SMILES string of the molecule is COC(=O)c1sc2ccc([N+](=O)[O-])cc2c1O. The Morgan fingerprint density at radius 3 is 2.82 bits per heavy atom. The van der Waals surface area contributed by atoms with E-state index >= 15 is 0 Å². The fourth-order valence-corrected chi connectivity index (χ4v) is 2.41. The zero-order chi connectivity index (χ0) is 12.6. The molecule has 2 rings (SSSR count). The number of non-ortho nitro benzene ring substituents is 1. The number of benzene rings is 1. The van der Waals surface area contributed by atoms with Crippen molar-refractivity contribution in [1.82, 2.24) is 0 Å². The van der Waals surface area contributed by atoms with E-state index in [-0.39, 0.29) is 21.7 Å². The number of nitrogens with zero attached hydrogens (tertiary/aromatic N) is 1. The molecule has 0 amide bonds. The molecule has 1 aromatic carbocycles. The molecule has 0 radical (unpaired) electrons. The Hall–Kier alpha value is -2.15. The minimum absolute atomic E-state index is 0.0444. The van der Waals surface area contributed by atoms with Gasteiger partial charge in [-0.3, -0.25) is 10.1 Å². The molecule has 17 heavy (non-hydrogen) atoms. The summed E-state index contributed by atoms with van der Waals surface area (Å²) in [6.45, 7) is 0. The Morgan fingerprint density at radius 1 is 1.53 bits per heavy atom. The number of rotatable bonds is 2. The van der Waals surface area contributed by atoms with Crippen LogP contribution in [0.25, 0.3) is 10.1 Å². The van der Waals surface area contributed by atoms with E-state index in [1.165, 1.54) is 25.3 Å². The largest absolute Gasteiger partial charge is 0.505 e. The average molecular weight is 253 g/mol. The minimum Gasteiger partial charge on any atom is -0.505 e. The number of carbonyl (C=O) groups is 1. The predicted octanol–water partition coefficient (Wildman–Crippen LogP) is 2.30. The van der Waals surface area contributed by atoms with Crippen LogP contribution in [0.15, 0.2) is 18.2 Å². The van der Waals surface area contributed by atoms with Crippen LogP contribution in [-0.2, 0) is 4.74 Å². The number of hydrogen-bond donors (Lipinski definition) is 1. The average Bonchev–Trinajstić information content (AvgIpc) is 2.65. The molecule has 7 heteroatoms. The van der Waals surface area contributed by atoms with Crippen LogP contribution in [0, 0.1) is 10.1 Å². The van der Waals surface area contributed by atoms with Crippen molar-refractivity contribution in [3.05, 3.63) is 33.2 Å². The Bertz CT molecular complexity index is 618. The van der Waals surface area contributed by atoms with E-state index in [1.54, 1.807) is 0 Å². The van der Waals surface area contributed by atoms with E-state index in [0.29, 0.717) is 4.70 Å². The van der Waals surface area contributed by atoms with Gasteiger partial charge < -0.3 is 9.84 Å². The summed E-state index contributed by atoms with van der Waals surface area (Å²) in [4.78, 5) is 21.4. The van der Waals surface area contributed by atoms with Crippen molar-refractivity contribution in [2.24, 2.45) is 0 Å². The van der Waals surface area contributed by atoms with Crippen molar-refractivity contribution >= 4 is 33.1 Å². The third-order valence-corrected chi connectivity index (χ3v) is 3.37. The lowest BCUT2D eigenvalue weighted by atomic mass is 10.2. The predicted molar refractivity (Wildman–Crippen MR) is 61.5 cm³/mol. The molecule has 0 aliphatic heterocycles. The monoisotopic (exact) mass is 253 g/mol. The summed E-state index contributed by atoms with van der Waals surface area (Å²) in [5.74, 6) is -0.938. The van der Waals surface area contributed by atoms with Gasteiger partial charge in [0.15, 0.2) is 4.88 Å². The highest BCUT2D eigenvalue weighted by molar-refractivity contribution is 7.21. The van der Waals surface area contributed by atoms with Crippen LogP contribution < -0.4 is 0 Å². The number of thiophene rings is 1. The minimum atomic E-state index is -0.661. The zero-order valence-corrected chi connectivity index (χ0v) is 9.48. The lowest BCUT2D eigenvalue weighted by Crippen LogP contribution is -1.97. The zero-order valence-electron chi connectivity index (χ0n) is 8.67. The number of nitro benzene ring substituents is 1. The second-order valence-corrected chi connectivity index (χ2v) is 4.26. The molecule has 0 bridgehead atoms. The van der Waals surface area contributed by atoms with Crippen molar-refractivity contribution in [3.8, 4) is 5.75 Å². The molecule has 0 atom stereocenters. The van der Waals surface area contributed by atoms with Crippen molar-refractivity contribution in [1.29, 1.82) is 0 Å². The van der Waals surface area contributed by atoms with Crippen LogP contribution in [0.4, 0.5) is 5.69 Å². The molecule has 0 aliphatic carbocycles. The molecule has 2 aromatic rings. The lowest BCUT2D eigenvalue weighted by molar-refractivity contribution is -0.384. The number of ether oxygens (including phenoxy) is 1. The Morgan fingerprint density at radius 2 is 2.24 bits per heavy atom. The molecular weight excluding hydrogens is 246 g/mol. The second kappa shape index (κ2) is 4.02. The summed E-state index contributed by atoms with van der Waals surface area (Å²) >= 11 is 1.03. The molecule has 0 spiro atoms. The van der Waals surface area contributed by atoms with Gasteiger partial charge in [0.25, 0.3) is 5.69 Å². The van der Waals surface area contributed by atoms with Gasteiger partial charge in [0.2, 0.25) is 0 Å². The normalized spacial score (nSPS) is 10.4. The van der Waals surface area contributed by atoms with Gasteiger partial charge in [0, 0.05) is 22.2 Å². The summed E-state index contributed by atoms with van der Waals surface area (Å²) < 4.78 is 5.09. The highest BCUT2D eigenvalue weighted by Crippen LogP contribution is 2.38. The van der Waals surface area contributed by atoms with Gasteiger partial charge in [-0.1, -0.05) is 0 Å². The summed E-state index contributed by atoms with van der Waals surface area (Å²) in [5.41, 5.74) is -0.137. The van der Waals surface area contributed by atoms with Crippen LogP contribution >= 0.6 is 11.3 Å². The van der Waals surface area contributed by atoms with E-state index in [2.05, 4.69) is 4.74 Å². The van der Waals surface area contributed by atoms with Crippen LogP contribution in [0.1, 0.15) is 9.67 Å². The number of methoxy groups -OCH3 is 1. The molecule has 6 nitrogen and oxygen atoms in total. The van der Waals surface area contributed by atoms with Gasteiger partial charge in [-0.25, -0.2) is 4.79 Å². The Labute approximate surface area is 99.2 Å². The van der Waals surface area contributed by atoms with Gasteiger partial charge in [-0.2, -0.15) is 0 Å². The maximum absolute atomic E-state index is 11.3. The highest BCUT2D eigenvalue weighted by atomic mass is 32.1. The molecule has 1 aromatic heterocycles. The summed E-state index contributed by atoms with van der Waals surface area (Å²) in [6, 6.07) is 4.04. The lowest BCUT2D eigenvalue weighted by Gasteiger charge is -1.95. The third kappa shape index (κ3) is 1.80.